The van der Waals surface area contributed by atoms with E-state index in [4.69, 9.17) is 0 Å². The van der Waals surface area contributed by atoms with Gasteiger partial charge in [-0.05, 0) is 18.9 Å². The lowest BCUT2D eigenvalue weighted by Crippen LogP contribution is -2.21. The number of amides is 1. The predicted octanol–water partition coefficient (Wildman–Crippen LogP) is 2.36. The van der Waals surface area contributed by atoms with Crippen LogP contribution in [0.1, 0.15) is 24.5 Å². The maximum atomic E-state index is 10.7. The number of carbonyl (C=O) groups excluding carboxylic acids is 1. The highest BCUT2D eigenvalue weighted by molar-refractivity contribution is 5.47. The Hall–Kier alpha value is -1.31. The van der Waals surface area contributed by atoms with Crippen molar-refractivity contribution in [1.82, 2.24) is 4.90 Å². The van der Waals surface area contributed by atoms with Crippen LogP contribution < -0.4 is 0 Å². The molecule has 0 atom stereocenters. The van der Waals surface area contributed by atoms with E-state index in [1.807, 2.05) is 0 Å². The first-order valence-corrected chi connectivity index (χ1v) is 5.01. The molecule has 0 spiro atoms. The van der Waals surface area contributed by atoms with Crippen molar-refractivity contribution in [3.05, 3.63) is 35.4 Å². The lowest BCUT2D eigenvalue weighted by atomic mass is 10.1. The van der Waals surface area contributed by atoms with Gasteiger partial charge in [0.1, 0.15) is 0 Å². The molecule has 14 heavy (non-hydrogen) atoms. The standard InChI is InChI=1S/C12H17NO/c1-3-8-13(10-14)9-12-6-4-11(2)5-7-12/h4-7,10H,3,8-9H2,1-2H3. The van der Waals surface area contributed by atoms with Crippen LogP contribution in [0.3, 0.4) is 0 Å². The molecule has 1 aromatic carbocycles. The van der Waals surface area contributed by atoms with Crippen LogP contribution in [0.15, 0.2) is 24.3 Å². The third-order valence-electron chi connectivity index (χ3n) is 2.17. The minimum absolute atomic E-state index is 0.720. The molecule has 0 aliphatic heterocycles. The van der Waals surface area contributed by atoms with Crippen LogP contribution in [0.4, 0.5) is 0 Å². The van der Waals surface area contributed by atoms with Crippen molar-refractivity contribution in [2.45, 2.75) is 26.8 Å². The van der Waals surface area contributed by atoms with E-state index >= 15 is 0 Å². The SMILES string of the molecule is CCCN(C=O)Cc1ccc(C)cc1. The van der Waals surface area contributed by atoms with Crippen molar-refractivity contribution >= 4 is 6.41 Å². The van der Waals surface area contributed by atoms with Crippen LogP contribution in [-0.2, 0) is 11.3 Å². The number of nitrogens with zero attached hydrogens (tertiary/aromatic N) is 1. The van der Waals surface area contributed by atoms with Crippen molar-refractivity contribution in [3.8, 4) is 0 Å². The first kappa shape index (κ1) is 10.8. The van der Waals surface area contributed by atoms with E-state index in [1.165, 1.54) is 11.1 Å². The fraction of sp³-hybridized carbons (Fsp3) is 0.417. The monoisotopic (exact) mass is 191 g/mol. The normalized spacial score (nSPS) is 9.86. The van der Waals surface area contributed by atoms with E-state index < -0.39 is 0 Å². The number of carbonyl (C=O) groups is 1. The summed E-state index contributed by atoms with van der Waals surface area (Å²) in [6.45, 7) is 5.69. The molecule has 0 bridgehead atoms. The highest BCUT2D eigenvalue weighted by Crippen LogP contribution is 2.05. The molecule has 0 fully saturated rings. The summed E-state index contributed by atoms with van der Waals surface area (Å²) in [6, 6.07) is 8.29. The second kappa shape index (κ2) is 5.43. The third kappa shape index (κ3) is 3.21. The fourth-order valence-electron chi connectivity index (χ4n) is 1.38. The highest BCUT2D eigenvalue weighted by Gasteiger charge is 2.00. The van der Waals surface area contributed by atoms with E-state index in [2.05, 4.69) is 38.1 Å². The average Bonchev–Trinajstić information content (AvgIpc) is 2.20. The molecule has 0 aliphatic carbocycles. The van der Waals surface area contributed by atoms with Gasteiger partial charge in [-0.2, -0.15) is 0 Å². The van der Waals surface area contributed by atoms with Gasteiger partial charge in [0.05, 0.1) is 0 Å². The van der Waals surface area contributed by atoms with Crippen molar-refractivity contribution in [2.75, 3.05) is 6.54 Å². The zero-order chi connectivity index (χ0) is 10.4. The third-order valence-corrected chi connectivity index (χ3v) is 2.17. The maximum Gasteiger partial charge on any atom is 0.210 e. The number of hydrogen-bond donors (Lipinski definition) is 0. The molecule has 0 heterocycles. The van der Waals surface area contributed by atoms with E-state index in [-0.39, 0.29) is 0 Å². The summed E-state index contributed by atoms with van der Waals surface area (Å²) in [4.78, 5) is 12.5. The van der Waals surface area contributed by atoms with Gasteiger partial charge in [-0.1, -0.05) is 36.8 Å². The minimum atomic E-state index is 0.720. The Bertz CT molecular complexity index is 279. The molecule has 0 unspecified atom stereocenters. The summed E-state index contributed by atoms with van der Waals surface area (Å²) in [5.41, 5.74) is 2.44. The molecule has 1 rings (SSSR count). The van der Waals surface area contributed by atoms with Crippen LogP contribution in [0.5, 0.6) is 0 Å². The molecular weight excluding hydrogens is 174 g/mol. The zero-order valence-electron chi connectivity index (χ0n) is 8.86. The lowest BCUT2D eigenvalue weighted by molar-refractivity contribution is -0.118. The second-order valence-corrected chi connectivity index (χ2v) is 3.56. The number of aryl methyl sites for hydroxylation is 1. The summed E-state index contributed by atoms with van der Waals surface area (Å²) < 4.78 is 0. The van der Waals surface area contributed by atoms with Gasteiger partial charge in [-0.25, -0.2) is 0 Å². The van der Waals surface area contributed by atoms with Gasteiger partial charge in [0, 0.05) is 13.1 Å². The van der Waals surface area contributed by atoms with Crippen LogP contribution in [0, 0.1) is 6.92 Å². The Morgan fingerprint density at radius 1 is 1.29 bits per heavy atom. The molecule has 0 aliphatic rings. The van der Waals surface area contributed by atoms with Gasteiger partial charge in [0.2, 0.25) is 6.41 Å². The average molecular weight is 191 g/mol. The summed E-state index contributed by atoms with van der Waals surface area (Å²) in [7, 11) is 0. The Morgan fingerprint density at radius 3 is 2.43 bits per heavy atom. The van der Waals surface area contributed by atoms with Gasteiger partial charge in [0.25, 0.3) is 0 Å². The Morgan fingerprint density at radius 2 is 1.93 bits per heavy atom. The smallest absolute Gasteiger partial charge is 0.210 e. The summed E-state index contributed by atoms with van der Waals surface area (Å²) >= 11 is 0. The highest BCUT2D eigenvalue weighted by atomic mass is 16.1. The molecule has 0 N–H and O–H groups in total. The molecule has 0 aromatic heterocycles. The van der Waals surface area contributed by atoms with Crippen LogP contribution >= 0.6 is 0 Å². The summed E-state index contributed by atoms with van der Waals surface area (Å²) in [5.74, 6) is 0. The van der Waals surface area contributed by atoms with Crippen LogP contribution in [-0.4, -0.2) is 17.9 Å². The molecule has 2 heteroatoms. The zero-order valence-corrected chi connectivity index (χ0v) is 8.86. The van der Waals surface area contributed by atoms with Crippen LogP contribution in [0.2, 0.25) is 0 Å². The quantitative estimate of drug-likeness (QED) is 0.654. The Kier molecular flexibility index (Phi) is 4.17. The molecule has 0 saturated heterocycles. The van der Waals surface area contributed by atoms with Crippen molar-refractivity contribution in [3.63, 3.8) is 0 Å². The fourth-order valence-corrected chi connectivity index (χ4v) is 1.38. The summed E-state index contributed by atoms with van der Waals surface area (Å²) in [5, 5.41) is 0. The van der Waals surface area contributed by atoms with E-state index in [0.717, 1.165) is 25.9 Å². The van der Waals surface area contributed by atoms with Gasteiger partial charge < -0.3 is 4.90 Å². The largest absolute Gasteiger partial charge is 0.341 e. The molecule has 2 nitrogen and oxygen atoms in total. The molecule has 1 aromatic rings. The van der Waals surface area contributed by atoms with Crippen LogP contribution in [0.25, 0.3) is 0 Å². The van der Waals surface area contributed by atoms with E-state index in [9.17, 15) is 4.79 Å². The number of benzene rings is 1. The predicted molar refractivity (Wildman–Crippen MR) is 57.9 cm³/mol. The Labute approximate surface area is 85.5 Å². The van der Waals surface area contributed by atoms with Gasteiger partial charge in [-0.3, -0.25) is 4.79 Å². The van der Waals surface area contributed by atoms with Gasteiger partial charge in [0.15, 0.2) is 0 Å². The molecule has 1 amide bonds. The maximum absolute atomic E-state index is 10.7. The molecular formula is C12H17NO. The molecule has 0 saturated carbocycles. The minimum Gasteiger partial charge on any atom is -0.341 e. The first-order chi connectivity index (χ1) is 6.76. The van der Waals surface area contributed by atoms with Crippen molar-refractivity contribution < 1.29 is 4.79 Å². The Balaban J connectivity index is 2.57. The second-order valence-electron chi connectivity index (χ2n) is 3.56. The topological polar surface area (TPSA) is 20.3 Å². The van der Waals surface area contributed by atoms with E-state index in [1.54, 1.807) is 4.90 Å². The first-order valence-electron chi connectivity index (χ1n) is 5.01. The van der Waals surface area contributed by atoms with Gasteiger partial charge >= 0.3 is 0 Å². The van der Waals surface area contributed by atoms with Crippen molar-refractivity contribution in [1.29, 1.82) is 0 Å². The van der Waals surface area contributed by atoms with Crippen molar-refractivity contribution in [2.24, 2.45) is 0 Å². The number of hydrogen-bond acceptors (Lipinski definition) is 1. The molecule has 76 valence electrons. The summed E-state index contributed by atoms with van der Waals surface area (Å²) in [6.07, 6.45) is 1.92. The van der Waals surface area contributed by atoms with Gasteiger partial charge in [-0.15, -0.1) is 0 Å². The molecule has 0 radical (unpaired) electrons. The lowest BCUT2D eigenvalue weighted by Gasteiger charge is -2.16. The number of rotatable bonds is 5. The van der Waals surface area contributed by atoms with E-state index in [0.29, 0.717) is 0 Å².